The minimum absolute atomic E-state index is 0.484. The molecule has 1 fully saturated rings. The molecule has 1 saturated heterocycles. The van der Waals surface area contributed by atoms with Gasteiger partial charge < -0.3 is 0 Å². The van der Waals surface area contributed by atoms with Gasteiger partial charge in [-0.1, -0.05) is 12.8 Å². The Morgan fingerprint density at radius 2 is 1.52 bits per heavy atom. The maximum atomic E-state index is 5.04. The third kappa shape index (κ3) is 8.02. The van der Waals surface area contributed by atoms with E-state index in [0.717, 1.165) is 23.8 Å². The Labute approximate surface area is 161 Å². The van der Waals surface area contributed by atoms with Gasteiger partial charge in [-0.3, -0.25) is 4.99 Å². The first-order chi connectivity index (χ1) is 10.8. The van der Waals surface area contributed by atoms with Crippen molar-refractivity contribution in [3.63, 3.8) is 0 Å². The summed E-state index contributed by atoms with van der Waals surface area (Å²) in [5.74, 6) is 2.30. The molecule has 0 aromatic heterocycles. The summed E-state index contributed by atoms with van der Waals surface area (Å²) in [6, 6.07) is 0. The molecule has 137 valence electrons. The number of amidine groups is 1. The molecule has 2 rings (SSSR count). The Morgan fingerprint density at radius 1 is 1.00 bits per heavy atom. The van der Waals surface area contributed by atoms with Crippen molar-refractivity contribution in [1.29, 1.82) is 0 Å². The van der Waals surface area contributed by atoms with Crippen molar-refractivity contribution < 1.29 is 11.4 Å². The van der Waals surface area contributed by atoms with Gasteiger partial charge >= 0.3 is 41.5 Å². The molecule has 0 saturated carbocycles. The normalized spacial score (nSPS) is 22.5. The standard InChI is InChI=1S/C16H31N2P.3ClH.Cr/c1-13(2)19(14(3)4)18-12-8-6-10-15-9-5-7-11-17-16(15)18;;;;/h13-15H,5-12H2,1-4H3;3*1H;/q;;;;+3/p-2. The van der Waals surface area contributed by atoms with Crippen LogP contribution >= 0.6 is 38.2 Å². The molecule has 2 nitrogen and oxygen atoms in total. The van der Waals surface area contributed by atoms with Gasteiger partial charge in [-0.2, -0.15) is 0 Å². The van der Waals surface area contributed by atoms with E-state index >= 15 is 0 Å². The second-order valence-corrected chi connectivity index (χ2v) is 17.0. The van der Waals surface area contributed by atoms with E-state index in [9.17, 15) is 0 Å². The molecule has 1 unspecified atom stereocenters. The monoisotopic (exact) mass is 440 g/mol. The SMILES string of the molecule is CC(C)[PH+](C(C)C)N1CCCCC2CCCCN=C21.[Cl][Cr]([Cl])[Cl]. The van der Waals surface area contributed by atoms with Gasteiger partial charge in [0.15, 0.2) is 0 Å². The summed E-state index contributed by atoms with van der Waals surface area (Å²) in [7, 11) is 14.3. The summed E-state index contributed by atoms with van der Waals surface area (Å²) >= 11 is -1.62. The van der Waals surface area contributed by atoms with Crippen LogP contribution < -0.4 is 0 Å². The van der Waals surface area contributed by atoms with Crippen molar-refractivity contribution in [2.24, 2.45) is 10.9 Å². The predicted octanol–water partition coefficient (Wildman–Crippen LogP) is 6.68. The Balaban J connectivity index is 0.000000593. The summed E-state index contributed by atoms with van der Waals surface area (Å²) in [6.07, 6.45) is 8.26. The first-order valence-corrected chi connectivity index (χ1v) is 15.6. The van der Waals surface area contributed by atoms with Gasteiger partial charge in [-0.25, -0.2) is 4.67 Å². The van der Waals surface area contributed by atoms with Crippen molar-refractivity contribution >= 4 is 44.1 Å². The molecule has 23 heavy (non-hydrogen) atoms. The third-order valence-electron chi connectivity index (χ3n) is 4.56. The van der Waals surface area contributed by atoms with E-state index in [-0.39, 0.29) is 0 Å². The van der Waals surface area contributed by atoms with Gasteiger partial charge in [-0.15, -0.1) is 0 Å². The maximum absolute atomic E-state index is 5.04. The molecule has 0 aliphatic carbocycles. The average molecular weight is 442 g/mol. The number of nitrogens with zero attached hydrogens (tertiary/aromatic N) is 2. The Kier molecular flexibility index (Phi) is 11.5. The zero-order chi connectivity index (χ0) is 17.4. The van der Waals surface area contributed by atoms with Gasteiger partial charge in [0.1, 0.15) is 5.84 Å². The second kappa shape index (κ2) is 11.8. The summed E-state index contributed by atoms with van der Waals surface area (Å²) in [4.78, 5) is 5.04. The van der Waals surface area contributed by atoms with E-state index in [0.29, 0.717) is 0 Å². The van der Waals surface area contributed by atoms with Crippen LogP contribution in [-0.4, -0.2) is 34.9 Å². The van der Waals surface area contributed by atoms with Crippen LogP contribution in [-0.2, 0) is 11.4 Å². The molecule has 1 atom stereocenters. The third-order valence-corrected chi connectivity index (χ3v) is 8.00. The summed E-state index contributed by atoms with van der Waals surface area (Å²) in [6.45, 7) is 12.0. The number of halogens is 3. The Hall–Kier alpha value is 1.30. The fourth-order valence-corrected chi connectivity index (χ4v) is 7.37. The number of hydrogen-bond acceptors (Lipinski definition) is 2. The van der Waals surface area contributed by atoms with Crippen molar-refractivity contribution in [3.05, 3.63) is 0 Å². The molecule has 0 radical (unpaired) electrons. The van der Waals surface area contributed by atoms with Crippen LogP contribution in [0.4, 0.5) is 0 Å². The molecule has 0 spiro atoms. The van der Waals surface area contributed by atoms with Crippen LogP contribution in [0.5, 0.6) is 0 Å². The molecule has 0 aromatic rings. The van der Waals surface area contributed by atoms with Gasteiger partial charge in [0, 0.05) is 12.5 Å². The van der Waals surface area contributed by atoms with Crippen LogP contribution in [0.2, 0.25) is 0 Å². The van der Waals surface area contributed by atoms with Crippen LogP contribution in [0.1, 0.15) is 66.2 Å². The van der Waals surface area contributed by atoms with E-state index in [2.05, 4.69) is 32.4 Å². The van der Waals surface area contributed by atoms with Crippen LogP contribution in [0.25, 0.3) is 0 Å². The number of fused-ring (bicyclic) bond motifs is 1. The first kappa shape index (κ1) is 22.3. The fourth-order valence-electron chi connectivity index (χ4n) is 3.86. The minimum atomic E-state index is -1.62. The van der Waals surface area contributed by atoms with Crippen molar-refractivity contribution in [2.45, 2.75) is 77.5 Å². The van der Waals surface area contributed by atoms with E-state index in [1.54, 1.807) is 0 Å². The molecule has 2 aliphatic rings. The fraction of sp³-hybridized carbons (Fsp3) is 0.938. The summed E-state index contributed by atoms with van der Waals surface area (Å²) < 4.78 is 2.81. The van der Waals surface area contributed by atoms with Crippen molar-refractivity contribution in [2.75, 3.05) is 13.1 Å². The first-order valence-electron chi connectivity index (χ1n) is 8.76. The molecule has 2 aliphatic heterocycles. The van der Waals surface area contributed by atoms with E-state index < -0.39 is 19.5 Å². The summed E-state index contributed by atoms with van der Waals surface area (Å²) in [5.41, 5.74) is 1.63. The van der Waals surface area contributed by atoms with Crippen LogP contribution in [0, 0.1) is 5.92 Å². The topological polar surface area (TPSA) is 15.6 Å². The van der Waals surface area contributed by atoms with Gasteiger partial charge in [0.25, 0.3) is 0 Å². The van der Waals surface area contributed by atoms with E-state index in [1.807, 2.05) is 0 Å². The second-order valence-electron chi connectivity index (χ2n) is 6.99. The molecule has 2 heterocycles. The Bertz CT molecular complexity index is 356. The van der Waals surface area contributed by atoms with Crippen molar-refractivity contribution in [1.82, 2.24) is 4.67 Å². The zero-order valence-corrected chi connectivity index (χ0v) is 19.4. The predicted molar refractivity (Wildman–Crippen MR) is 106 cm³/mol. The number of rotatable bonds is 3. The van der Waals surface area contributed by atoms with E-state index in [4.69, 9.17) is 35.1 Å². The molecular formula is C16H32Cl3CrN2P+. The molecule has 7 heteroatoms. The van der Waals surface area contributed by atoms with E-state index in [1.165, 1.54) is 50.9 Å². The summed E-state index contributed by atoms with van der Waals surface area (Å²) in [5, 5.41) is 0. The van der Waals surface area contributed by atoms with Crippen molar-refractivity contribution in [3.8, 4) is 0 Å². The molecule has 0 aromatic carbocycles. The average Bonchev–Trinajstić information content (AvgIpc) is 2.74. The molecule has 0 bridgehead atoms. The molecule has 0 N–H and O–H groups in total. The number of aliphatic imine (C=N–C) groups is 1. The molecular weight excluding hydrogens is 410 g/mol. The Morgan fingerprint density at radius 3 is 2.04 bits per heavy atom. The zero-order valence-electron chi connectivity index (χ0n) is 14.8. The van der Waals surface area contributed by atoms with Crippen LogP contribution in [0.15, 0.2) is 4.99 Å². The molecule has 0 amide bonds. The van der Waals surface area contributed by atoms with Gasteiger partial charge in [0.05, 0.1) is 25.9 Å². The quantitative estimate of drug-likeness (QED) is 0.446. The van der Waals surface area contributed by atoms with Gasteiger partial charge in [0.2, 0.25) is 0 Å². The van der Waals surface area contributed by atoms with Crippen LogP contribution in [0.3, 0.4) is 0 Å². The van der Waals surface area contributed by atoms with Gasteiger partial charge in [-0.05, 0) is 53.4 Å². The number of hydrogen-bond donors (Lipinski definition) is 0.